The van der Waals surface area contributed by atoms with Crippen molar-refractivity contribution in [3.63, 3.8) is 0 Å². The van der Waals surface area contributed by atoms with Gasteiger partial charge in [0.1, 0.15) is 0 Å². The van der Waals surface area contributed by atoms with Gasteiger partial charge in [0.15, 0.2) is 0 Å². The molecule has 1 aromatic rings. The molecule has 0 amide bonds. The van der Waals surface area contributed by atoms with Crippen LogP contribution in [0.4, 0.5) is 0 Å². The molecule has 0 spiro atoms. The minimum absolute atomic E-state index is 0. The van der Waals surface area contributed by atoms with Gasteiger partial charge in [0, 0.05) is 0 Å². The van der Waals surface area contributed by atoms with Crippen molar-refractivity contribution in [3.05, 3.63) is 50.9 Å². The molecule has 0 unspecified atom stereocenters. The van der Waals surface area contributed by atoms with Crippen LogP contribution in [0, 0.1) is 6.92 Å². The molecule has 1 aromatic carbocycles. The molecule has 1 nitrogen and oxygen atoms in total. The smallest absolute Gasteiger partial charge is 1.00 e. The number of hydrogen-bond acceptors (Lipinski definition) is 1. The molecule has 0 saturated carbocycles. The normalized spacial score (nSPS) is 13.5. The summed E-state index contributed by atoms with van der Waals surface area (Å²) in [6.07, 6.45) is 7.66. The van der Waals surface area contributed by atoms with Gasteiger partial charge in [-0.05, 0) is 0 Å². The number of benzene rings is 1. The first-order valence-electron chi connectivity index (χ1n) is 8.03. The summed E-state index contributed by atoms with van der Waals surface area (Å²) in [6.45, 7) is 15.8. The van der Waals surface area contributed by atoms with Crippen molar-refractivity contribution in [2.75, 3.05) is 0 Å². The Hall–Kier alpha value is -0.206. The Bertz CT molecular complexity index is 585. The van der Waals surface area contributed by atoms with Crippen LogP contribution in [-0.2, 0) is 30.4 Å². The monoisotopic (exact) mass is 402 g/mol. The maximum Gasteiger partial charge on any atom is -1.00 e. The molecule has 1 aliphatic carbocycles. The summed E-state index contributed by atoms with van der Waals surface area (Å²) >= 11 is -0.546. The summed E-state index contributed by atoms with van der Waals surface area (Å²) in [5.74, 6) is 1.14. The number of halogens is 2. The summed E-state index contributed by atoms with van der Waals surface area (Å²) < 4.78 is 7.95. The van der Waals surface area contributed by atoms with Crippen LogP contribution in [-0.4, -0.2) is 0 Å². The number of hydrogen-bond donors (Lipinski definition) is 0. The van der Waals surface area contributed by atoms with Crippen molar-refractivity contribution >= 4 is 0 Å². The first-order chi connectivity index (χ1) is 10.1. The van der Waals surface area contributed by atoms with E-state index in [1.165, 1.54) is 20.6 Å². The van der Waals surface area contributed by atoms with Crippen molar-refractivity contribution in [1.82, 2.24) is 0 Å². The summed E-state index contributed by atoms with van der Waals surface area (Å²) in [4.78, 5) is 0. The van der Waals surface area contributed by atoms with Gasteiger partial charge in [0.05, 0.1) is 0 Å². The van der Waals surface area contributed by atoms with E-state index in [0.29, 0.717) is 0 Å². The second kappa shape index (κ2) is 8.94. The van der Waals surface area contributed by atoms with Crippen LogP contribution in [0.15, 0.2) is 34.2 Å². The van der Waals surface area contributed by atoms with E-state index in [1.54, 1.807) is 0 Å². The minimum atomic E-state index is -0.546. The largest absolute Gasteiger partial charge is 1.00 e. The second-order valence-corrected chi connectivity index (χ2v) is 9.86. The molecule has 0 atom stereocenters. The average molecular weight is 403 g/mol. The third-order valence-electron chi connectivity index (χ3n) is 3.90. The summed E-state index contributed by atoms with van der Waals surface area (Å²) in [5.41, 5.74) is 4.19. The van der Waals surface area contributed by atoms with E-state index in [-0.39, 0.29) is 35.6 Å². The van der Waals surface area contributed by atoms with Crippen LogP contribution in [0.1, 0.15) is 64.7 Å². The van der Waals surface area contributed by atoms with Gasteiger partial charge in [0.25, 0.3) is 0 Å². The molecule has 0 heterocycles. The quantitative estimate of drug-likeness (QED) is 0.637. The fourth-order valence-corrected chi connectivity index (χ4v) is 3.92. The summed E-state index contributed by atoms with van der Waals surface area (Å²) in [6, 6.07) is 4.61. The topological polar surface area (TPSA) is 9.23 Å². The molecule has 0 aromatic heterocycles. The van der Waals surface area contributed by atoms with Gasteiger partial charge in [-0.25, -0.2) is 0 Å². The predicted octanol–water partition coefficient (Wildman–Crippen LogP) is -0.182. The molecule has 0 saturated heterocycles. The van der Waals surface area contributed by atoms with Gasteiger partial charge in [0.2, 0.25) is 0 Å². The van der Waals surface area contributed by atoms with Crippen LogP contribution in [0.3, 0.4) is 0 Å². The molecule has 24 heavy (non-hydrogen) atoms. The van der Waals surface area contributed by atoms with Crippen LogP contribution < -0.4 is 28.1 Å². The van der Waals surface area contributed by atoms with Crippen LogP contribution in [0.5, 0.6) is 5.75 Å². The fraction of sp³-hybridized carbons (Fsp3) is 0.500. The minimum Gasteiger partial charge on any atom is -1.00 e. The van der Waals surface area contributed by atoms with Crippen molar-refractivity contribution in [2.24, 2.45) is 0 Å². The number of allylic oxidation sites excluding steroid dienone is 4. The maximum absolute atomic E-state index is 6.48. The Balaban J connectivity index is 0.00000264. The Morgan fingerprint density at radius 1 is 0.917 bits per heavy atom. The predicted molar refractivity (Wildman–Crippen MR) is 91.0 cm³/mol. The van der Waals surface area contributed by atoms with Crippen LogP contribution >= 0.6 is 0 Å². The number of rotatable bonds is 3. The van der Waals surface area contributed by atoms with Crippen molar-refractivity contribution in [3.8, 4) is 5.75 Å². The zero-order chi connectivity index (χ0) is 16.5. The molecule has 0 fully saturated rings. The standard InChI is InChI=1S/C15H24O.C5H5.2ClH.Ti/c1-10-8-11(14(2,3)4)13(16)12(9-10)15(5,6)7;1-2-4-5-3-1;;;/h8-9,16H,1-7H3;1-3H,4H2;2*1H;/q;;;;+3/p-3. The molecule has 0 bridgehead atoms. The van der Waals surface area contributed by atoms with E-state index < -0.39 is 19.5 Å². The summed E-state index contributed by atoms with van der Waals surface area (Å²) in [5, 5.41) is 0. The van der Waals surface area contributed by atoms with Gasteiger partial charge in [-0.15, -0.1) is 0 Å². The third kappa shape index (κ3) is 5.95. The zero-order valence-electron chi connectivity index (χ0n) is 15.8. The molecule has 1 aliphatic rings. The first-order valence-corrected chi connectivity index (χ1v) is 9.45. The van der Waals surface area contributed by atoms with Crippen molar-refractivity contribution in [1.29, 1.82) is 0 Å². The SMILES string of the molecule is Cc1cc(C(C)(C)C)c([O][Ti+2][C]2=CC=CC2)c(C(C)(C)C)c1.[Cl-].[Cl-]. The summed E-state index contributed by atoms with van der Waals surface area (Å²) in [7, 11) is 0. The Morgan fingerprint density at radius 2 is 1.42 bits per heavy atom. The molecule has 0 radical (unpaired) electrons. The van der Waals surface area contributed by atoms with Gasteiger partial charge < -0.3 is 24.8 Å². The van der Waals surface area contributed by atoms with E-state index in [0.717, 1.165) is 12.2 Å². The van der Waals surface area contributed by atoms with E-state index in [1.807, 2.05) is 0 Å². The molecule has 0 aliphatic heterocycles. The third-order valence-corrected chi connectivity index (χ3v) is 5.37. The molecular weight excluding hydrogens is 375 g/mol. The van der Waals surface area contributed by atoms with Crippen molar-refractivity contribution in [2.45, 2.75) is 65.7 Å². The van der Waals surface area contributed by atoms with Crippen LogP contribution in [0.25, 0.3) is 0 Å². The average Bonchev–Trinajstić information content (AvgIpc) is 2.87. The Morgan fingerprint density at radius 3 is 1.79 bits per heavy atom. The zero-order valence-corrected chi connectivity index (χ0v) is 18.8. The van der Waals surface area contributed by atoms with Gasteiger partial charge in [-0.3, -0.25) is 0 Å². The Labute approximate surface area is 169 Å². The van der Waals surface area contributed by atoms with Crippen molar-refractivity contribution < 1.29 is 47.7 Å². The van der Waals surface area contributed by atoms with E-state index in [9.17, 15) is 0 Å². The molecular formula is C20H28Cl2OTi. The maximum atomic E-state index is 6.48. The first kappa shape index (κ1) is 23.8. The molecule has 2 rings (SSSR count). The van der Waals surface area contributed by atoms with Crippen LogP contribution in [0.2, 0.25) is 0 Å². The number of aryl methyl sites for hydroxylation is 1. The van der Waals surface area contributed by atoms with Gasteiger partial charge in [-0.1, -0.05) is 0 Å². The van der Waals surface area contributed by atoms with E-state index >= 15 is 0 Å². The second-order valence-electron chi connectivity index (χ2n) is 8.22. The molecule has 4 heteroatoms. The van der Waals surface area contributed by atoms with E-state index in [2.05, 4.69) is 78.8 Å². The molecule has 0 N–H and O–H groups in total. The van der Waals surface area contributed by atoms with Gasteiger partial charge >= 0.3 is 145 Å². The fourth-order valence-electron chi connectivity index (χ4n) is 2.64. The Kier molecular flexibility index (Phi) is 8.87. The molecule has 132 valence electrons. The van der Waals surface area contributed by atoms with Gasteiger partial charge in [-0.2, -0.15) is 0 Å². The van der Waals surface area contributed by atoms with E-state index in [4.69, 9.17) is 3.32 Å².